The van der Waals surface area contributed by atoms with E-state index < -0.39 is 11.9 Å². The quantitative estimate of drug-likeness (QED) is 0.481. The lowest BCUT2D eigenvalue weighted by Gasteiger charge is -1.99. The van der Waals surface area contributed by atoms with Gasteiger partial charge in [0.2, 0.25) is 6.79 Å². The summed E-state index contributed by atoms with van der Waals surface area (Å²) in [5, 5.41) is 0. The topological polar surface area (TPSA) is 52.6 Å². The Hall–Kier alpha value is -1.06. The minimum absolute atomic E-state index is 0. The van der Waals surface area contributed by atoms with Crippen molar-refractivity contribution >= 4 is 11.9 Å². The van der Waals surface area contributed by atoms with Crippen LogP contribution in [0.1, 0.15) is 36.1 Å². The van der Waals surface area contributed by atoms with E-state index >= 15 is 0 Å². The van der Waals surface area contributed by atoms with E-state index in [-0.39, 0.29) is 29.1 Å². The molecule has 0 bridgehead atoms. The Morgan fingerprint density at radius 1 is 0.917 bits per heavy atom. The molecule has 0 radical (unpaired) electrons. The molecule has 0 atom stereocenters. The van der Waals surface area contributed by atoms with Crippen LogP contribution >= 0.6 is 0 Å². The van der Waals surface area contributed by atoms with E-state index in [4.69, 9.17) is 0 Å². The molecule has 0 rings (SSSR count). The molecule has 0 spiro atoms. The van der Waals surface area contributed by atoms with Gasteiger partial charge in [0.05, 0.1) is 0 Å². The Bertz CT molecular complexity index is 106. The maximum absolute atomic E-state index is 10.0. The number of hydrogen-bond acceptors (Lipinski definition) is 4. The van der Waals surface area contributed by atoms with Crippen LogP contribution < -0.4 is 0 Å². The van der Waals surface area contributed by atoms with Gasteiger partial charge in [0.25, 0.3) is 0 Å². The third-order valence-corrected chi connectivity index (χ3v) is 0.524. The van der Waals surface area contributed by atoms with Crippen molar-refractivity contribution in [2.45, 2.75) is 36.1 Å². The summed E-state index contributed by atoms with van der Waals surface area (Å²) in [5.74, 6) is -0.924. The number of carbonyl (C=O) groups is 2. The van der Waals surface area contributed by atoms with Crippen LogP contribution in [-0.4, -0.2) is 18.7 Å². The minimum atomic E-state index is -0.462. The first-order valence-corrected chi connectivity index (χ1v) is 2.39. The van der Waals surface area contributed by atoms with E-state index in [0.717, 1.165) is 0 Å². The smallest absolute Gasteiger partial charge is 0.305 e. The maximum Gasteiger partial charge on any atom is 0.305 e. The second kappa shape index (κ2) is 12.6. The van der Waals surface area contributed by atoms with Gasteiger partial charge in [0.15, 0.2) is 0 Å². The SMILES string of the molecule is C.C.C.CC(=O)OCOC(C)=O. The van der Waals surface area contributed by atoms with Crippen LogP contribution in [0.3, 0.4) is 0 Å². The van der Waals surface area contributed by atoms with Gasteiger partial charge in [-0.05, 0) is 0 Å². The predicted octanol–water partition coefficient (Wildman–Crippen LogP) is 1.98. The average molecular weight is 180 g/mol. The van der Waals surface area contributed by atoms with Crippen molar-refractivity contribution in [1.82, 2.24) is 0 Å². The summed E-state index contributed by atoms with van der Waals surface area (Å²) in [6, 6.07) is 0. The first kappa shape index (κ1) is 22.4. The lowest BCUT2D eigenvalue weighted by atomic mass is 10.8. The van der Waals surface area contributed by atoms with Gasteiger partial charge in [-0.15, -0.1) is 0 Å². The zero-order valence-electron chi connectivity index (χ0n) is 5.34. The molecule has 0 amide bonds. The molecule has 0 heterocycles. The highest BCUT2D eigenvalue weighted by atomic mass is 16.7. The second-order valence-electron chi connectivity index (χ2n) is 1.39. The zero-order valence-corrected chi connectivity index (χ0v) is 5.34. The van der Waals surface area contributed by atoms with Crippen molar-refractivity contribution in [3.8, 4) is 0 Å². The Labute approximate surface area is 74.9 Å². The summed E-state index contributed by atoms with van der Waals surface area (Å²) in [7, 11) is 0. The highest BCUT2D eigenvalue weighted by Gasteiger charge is 1.93. The third kappa shape index (κ3) is 23.1. The molecule has 0 N–H and O–H groups in total. The summed E-state index contributed by atoms with van der Waals surface area (Å²) in [5.41, 5.74) is 0. The normalized spacial score (nSPS) is 6.17. The lowest BCUT2D eigenvalue weighted by Crippen LogP contribution is -2.07. The van der Waals surface area contributed by atoms with Gasteiger partial charge in [0, 0.05) is 13.8 Å². The Morgan fingerprint density at radius 2 is 1.17 bits per heavy atom. The van der Waals surface area contributed by atoms with E-state index in [0.29, 0.717) is 0 Å². The molecule has 76 valence electrons. The number of carbonyl (C=O) groups excluding carboxylic acids is 2. The first-order valence-electron chi connectivity index (χ1n) is 2.39. The van der Waals surface area contributed by atoms with Gasteiger partial charge in [-0.1, -0.05) is 22.3 Å². The van der Waals surface area contributed by atoms with Gasteiger partial charge in [0.1, 0.15) is 0 Å². The maximum atomic E-state index is 10.0. The predicted molar refractivity (Wildman–Crippen MR) is 48.6 cm³/mol. The molecule has 4 heteroatoms. The fraction of sp³-hybridized carbons (Fsp3) is 0.750. The number of rotatable bonds is 2. The summed E-state index contributed by atoms with van der Waals surface area (Å²) >= 11 is 0. The monoisotopic (exact) mass is 180 g/mol. The van der Waals surface area contributed by atoms with Crippen molar-refractivity contribution in [1.29, 1.82) is 0 Å². The fourth-order valence-corrected chi connectivity index (χ4v) is 0.195. The number of hydrogen-bond donors (Lipinski definition) is 0. The average Bonchev–Trinajstić information content (AvgIpc) is 1.63. The second-order valence-corrected chi connectivity index (χ2v) is 1.39. The molecular weight excluding hydrogens is 160 g/mol. The molecular formula is C8H20O4. The van der Waals surface area contributed by atoms with Gasteiger partial charge in [-0.3, -0.25) is 9.59 Å². The molecule has 12 heavy (non-hydrogen) atoms. The molecule has 0 aromatic carbocycles. The van der Waals surface area contributed by atoms with Crippen molar-refractivity contribution in [3.63, 3.8) is 0 Å². The van der Waals surface area contributed by atoms with E-state index in [1.807, 2.05) is 0 Å². The van der Waals surface area contributed by atoms with Crippen LogP contribution in [0, 0.1) is 0 Å². The highest BCUT2D eigenvalue weighted by Crippen LogP contribution is 1.79. The number of esters is 2. The van der Waals surface area contributed by atoms with Crippen LogP contribution in [-0.2, 0) is 19.1 Å². The van der Waals surface area contributed by atoms with Gasteiger partial charge in [-0.25, -0.2) is 0 Å². The Morgan fingerprint density at radius 3 is 1.33 bits per heavy atom. The summed E-state index contributed by atoms with van der Waals surface area (Å²) in [6.45, 7) is 2.19. The Balaban J connectivity index is -0.000000107. The molecule has 0 saturated carbocycles. The van der Waals surface area contributed by atoms with Gasteiger partial charge < -0.3 is 9.47 Å². The van der Waals surface area contributed by atoms with Gasteiger partial charge >= 0.3 is 11.9 Å². The molecule has 0 unspecified atom stereocenters. The van der Waals surface area contributed by atoms with E-state index in [1.54, 1.807) is 0 Å². The van der Waals surface area contributed by atoms with Crippen LogP contribution in [0.2, 0.25) is 0 Å². The van der Waals surface area contributed by atoms with E-state index in [2.05, 4.69) is 9.47 Å². The van der Waals surface area contributed by atoms with Crippen molar-refractivity contribution in [3.05, 3.63) is 0 Å². The summed E-state index contributed by atoms with van der Waals surface area (Å²) in [4.78, 5) is 20.0. The first-order chi connectivity index (χ1) is 4.13. The molecule has 0 fully saturated rings. The standard InChI is InChI=1S/C5H8O4.3CH4/c1-4(6)8-3-9-5(2)7;;;/h3H2,1-2H3;3*1H4. The fourth-order valence-electron chi connectivity index (χ4n) is 0.195. The summed E-state index contributed by atoms with van der Waals surface area (Å²) in [6.07, 6.45) is 0. The van der Waals surface area contributed by atoms with E-state index in [9.17, 15) is 9.59 Å². The van der Waals surface area contributed by atoms with Crippen LogP contribution in [0.15, 0.2) is 0 Å². The lowest BCUT2D eigenvalue weighted by molar-refractivity contribution is -0.163. The summed E-state index contributed by atoms with van der Waals surface area (Å²) < 4.78 is 8.54. The molecule has 0 aliphatic carbocycles. The Kier molecular flexibility index (Phi) is 23.6. The molecule has 0 aromatic rings. The van der Waals surface area contributed by atoms with Crippen molar-refractivity contribution in [2.24, 2.45) is 0 Å². The van der Waals surface area contributed by atoms with Crippen LogP contribution in [0.5, 0.6) is 0 Å². The van der Waals surface area contributed by atoms with E-state index in [1.165, 1.54) is 13.8 Å². The van der Waals surface area contributed by atoms with Crippen LogP contribution in [0.25, 0.3) is 0 Å². The highest BCUT2D eigenvalue weighted by molar-refractivity contribution is 5.67. The molecule has 0 aliphatic rings. The third-order valence-electron chi connectivity index (χ3n) is 0.524. The minimum Gasteiger partial charge on any atom is -0.428 e. The largest absolute Gasteiger partial charge is 0.428 e. The van der Waals surface area contributed by atoms with Crippen molar-refractivity contribution in [2.75, 3.05) is 6.79 Å². The molecule has 0 aliphatic heterocycles. The molecule has 0 saturated heterocycles. The molecule has 4 nitrogen and oxygen atoms in total. The van der Waals surface area contributed by atoms with Crippen LogP contribution in [0.4, 0.5) is 0 Å². The number of ether oxygens (including phenoxy) is 2. The van der Waals surface area contributed by atoms with Gasteiger partial charge in [-0.2, -0.15) is 0 Å². The zero-order chi connectivity index (χ0) is 7.28. The van der Waals surface area contributed by atoms with Crippen molar-refractivity contribution < 1.29 is 19.1 Å². The molecule has 0 aromatic heterocycles.